The molecule has 132 valence electrons. The number of anilines is 1. The molecule has 0 aliphatic rings. The van der Waals surface area contributed by atoms with Crippen molar-refractivity contribution in [1.29, 1.82) is 0 Å². The molecule has 0 bridgehead atoms. The lowest BCUT2D eigenvalue weighted by molar-refractivity contribution is -0.113. The Morgan fingerprint density at radius 1 is 1.04 bits per heavy atom. The Balaban J connectivity index is 1.56. The Morgan fingerprint density at radius 3 is 2.46 bits per heavy atom. The van der Waals surface area contributed by atoms with E-state index in [4.69, 9.17) is 11.6 Å². The molecular formula is C20H18ClN3OS. The Morgan fingerprint density at radius 2 is 1.81 bits per heavy atom. The zero-order valence-electron chi connectivity index (χ0n) is 14.5. The smallest absolute Gasteiger partial charge is 0.234 e. The van der Waals surface area contributed by atoms with Gasteiger partial charge in [0, 0.05) is 16.3 Å². The van der Waals surface area contributed by atoms with Crippen LogP contribution in [0, 0.1) is 13.8 Å². The number of carbonyl (C=O) groups excluding carboxylic acids is 1. The summed E-state index contributed by atoms with van der Waals surface area (Å²) in [6, 6.07) is 17.4. The maximum Gasteiger partial charge on any atom is 0.234 e. The van der Waals surface area contributed by atoms with Crippen LogP contribution in [-0.2, 0) is 4.79 Å². The first kappa shape index (κ1) is 18.4. The Bertz CT molecular complexity index is 911. The van der Waals surface area contributed by atoms with Gasteiger partial charge in [0.25, 0.3) is 0 Å². The van der Waals surface area contributed by atoms with Gasteiger partial charge in [-0.2, -0.15) is 0 Å². The number of rotatable bonds is 5. The maximum atomic E-state index is 12.1. The predicted octanol–water partition coefficient (Wildman–Crippen LogP) is 5.14. The quantitative estimate of drug-likeness (QED) is 0.619. The highest BCUT2D eigenvalue weighted by molar-refractivity contribution is 7.99. The minimum Gasteiger partial charge on any atom is -0.325 e. The van der Waals surface area contributed by atoms with Crippen LogP contribution in [0.4, 0.5) is 5.69 Å². The van der Waals surface area contributed by atoms with E-state index in [0.29, 0.717) is 15.7 Å². The third-order valence-electron chi connectivity index (χ3n) is 3.79. The molecule has 0 aliphatic heterocycles. The number of nitrogens with one attached hydrogen (secondary N) is 1. The number of nitrogens with zero attached hydrogens (tertiary/aromatic N) is 2. The minimum absolute atomic E-state index is 0.112. The second-order valence-electron chi connectivity index (χ2n) is 5.92. The molecule has 0 saturated heterocycles. The van der Waals surface area contributed by atoms with Crippen LogP contribution in [-0.4, -0.2) is 21.9 Å². The molecule has 0 fully saturated rings. The van der Waals surface area contributed by atoms with Crippen LogP contribution in [0.5, 0.6) is 0 Å². The van der Waals surface area contributed by atoms with Crippen LogP contribution in [0.2, 0.25) is 5.02 Å². The van der Waals surface area contributed by atoms with Gasteiger partial charge in [-0.1, -0.05) is 59.3 Å². The van der Waals surface area contributed by atoms with E-state index in [-0.39, 0.29) is 11.7 Å². The number of hydrogen-bond acceptors (Lipinski definition) is 4. The lowest BCUT2D eigenvalue weighted by Gasteiger charge is -2.07. The fourth-order valence-electron chi connectivity index (χ4n) is 2.28. The van der Waals surface area contributed by atoms with Crippen LogP contribution in [0.3, 0.4) is 0 Å². The Hall–Kier alpha value is -2.37. The molecule has 1 amide bonds. The zero-order chi connectivity index (χ0) is 18.5. The molecule has 1 N–H and O–H groups in total. The van der Waals surface area contributed by atoms with Gasteiger partial charge in [0.05, 0.1) is 11.4 Å². The van der Waals surface area contributed by atoms with E-state index in [1.807, 2.05) is 62.4 Å². The van der Waals surface area contributed by atoms with Crippen molar-refractivity contribution >= 4 is 35.0 Å². The van der Waals surface area contributed by atoms with Crippen LogP contribution in [0.15, 0.2) is 59.6 Å². The average molecular weight is 384 g/mol. The lowest BCUT2D eigenvalue weighted by Crippen LogP contribution is -2.14. The van der Waals surface area contributed by atoms with Gasteiger partial charge in [0.2, 0.25) is 5.91 Å². The van der Waals surface area contributed by atoms with E-state index in [2.05, 4.69) is 15.5 Å². The first-order chi connectivity index (χ1) is 12.5. The van der Waals surface area contributed by atoms with Crippen LogP contribution < -0.4 is 5.32 Å². The van der Waals surface area contributed by atoms with E-state index >= 15 is 0 Å². The molecule has 4 nitrogen and oxygen atoms in total. The molecule has 3 rings (SSSR count). The summed E-state index contributed by atoms with van der Waals surface area (Å²) in [4.78, 5) is 12.1. The largest absolute Gasteiger partial charge is 0.325 e. The molecule has 0 spiro atoms. The lowest BCUT2D eigenvalue weighted by atomic mass is 10.1. The molecule has 1 aromatic heterocycles. The van der Waals surface area contributed by atoms with E-state index in [9.17, 15) is 4.79 Å². The Kier molecular flexibility index (Phi) is 5.91. The van der Waals surface area contributed by atoms with Crippen molar-refractivity contribution in [2.45, 2.75) is 18.9 Å². The molecule has 2 aromatic carbocycles. The van der Waals surface area contributed by atoms with Gasteiger partial charge < -0.3 is 5.32 Å². The van der Waals surface area contributed by atoms with Gasteiger partial charge in [0.1, 0.15) is 5.03 Å². The molecule has 0 radical (unpaired) electrons. The van der Waals surface area contributed by atoms with Crippen LogP contribution in [0.1, 0.15) is 11.1 Å². The second kappa shape index (κ2) is 8.34. The van der Waals surface area contributed by atoms with Gasteiger partial charge >= 0.3 is 0 Å². The molecule has 0 saturated carbocycles. The van der Waals surface area contributed by atoms with Crippen LogP contribution in [0.25, 0.3) is 11.3 Å². The van der Waals surface area contributed by atoms with E-state index < -0.39 is 0 Å². The fourth-order valence-corrected chi connectivity index (χ4v) is 3.08. The van der Waals surface area contributed by atoms with Crippen molar-refractivity contribution in [3.05, 3.63) is 70.7 Å². The summed E-state index contributed by atoms with van der Waals surface area (Å²) < 4.78 is 0. The molecule has 0 unspecified atom stereocenters. The third kappa shape index (κ3) is 4.84. The number of thioether (sulfide) groups is 1. The molecule has 3 aromatic rings. The normalized spacial score (nSPS) is 10.6. The summed E-state index contributed by atoms with van der Waals surface area (Å²) in [5, 5.41) is 12.6. The SMILES string of the molecule is Cc1ccc(-c2ccc(SCC(=O)Nc3ccc(C)c(Cl)c3)nn2)cc1. The van der Waals surface area contributed by atoms with E-state index in [0.717, 1.165) is 16.8 Å². The van der Waals surface area contributed by atoms with Crippen molar-refractivity contribution in [2.75, 3.05) is 11.1 Å². The van der Waals surface area contributed by atoms with Gasteiger partial charge in [-0.05, 0) is 43.7 Å². The monoisotopic (exact) mass is 383 g/mol. The summed E-state index contributed by atoms with van der Waals surface area (Å²) in [7, 11) is 0. The van der Waals surface area contributed by atoms with Crippen molar-refractivity contribution in [2.24, 2.45) is 0 Å². The first-order valence-corrected chi connectivity index (χ1v) is 9.47. The van der Waals surface area contributed by atoms with Gasteiger partial charge in [-0.3, -0.25) is 4.79 Å². The van der Waals surface area contributed by atoms with Crippen molar-refractivity contribution in [1.82, 2.24) is 10.2 Å². The van der Waals surface area contributed by atoms with Gasteiger partial charge in [-0.25, -0.2) is 0 Å². The molecule has 26 heavy (non-hydrogen) atoms. The highest BCUT2D eigenvalue weighted by atomic mass is 35.5. The zero-order valence-corrected chi connectivity index (χ0v) is 16.1. The molecule has 1 heterocycles. The fraction of sp³-hybridized carbons (Fsp3) is 0.150. The average Bonchev–Trinajstić information content (AvgIpc) is 2.64. The molecular weight excluding hydrogens is 366 g/mol. The van der Waals surface area contributed by atoms with Crippen molar-refractivity contribution in [3.8, 4) is 11.3 Å². The predicted molar refractivity (Wildman–Crippen MR) is 108 cm³/mol. The van der Waals surface area contributed by atoms with Crippen molar-refractivity contribution in [3.63, 3.8) is 0 Å². The van der Waals surface area contributed by atoms with Crippen molar-refractivity contribution < 1.29 is 4.79 Å². The maximum absolute atomic E-state index is 12.1. The summed E-state index contributed by atoms with van der Waals surface area (Å²) >= 11 is 7.41. The second-order valence-corrected chi connectivity index (χ2v) is 7.33. The third-order valence-corrected chi connectivity index (χ3v) is 5.12. The number of halogens is 1. The summed E-state index contributed by atoms with van der Waals surface area (Å²) in [6.07, 6.45) is 0. The standard InChI is InChI=1S/C20H18ClN3OS/c1-13-3-6-15(7-4-13)18-9-10-20(24-23-18)26-12-19(25)22-16-8-5-14(2)17(21)11-16/h3-11H,12H2,1-2H3,(H,22,25). The molecule has 0 aliphatic carbocycles. The number of benzene rings is 2. The highest BCUT2D eigenvalue weighted by Gasteiger charge is 2.07. The van der Waals surface area contributed by atoms with Gasteiger partial charge in [-0.15, -0.1) is 10.2 Å². The first-order valence-electron chi connectivity index (χ1n) is 8.11. The number of hydrogen-bond donors (Lipinski definition) is 1. The summed E-state index contributed by atoms with van der Waals surface area (Å²) in [5.74, 6) is 0.142. The molecule has 6 heteroatoms. The highest BCUT2D eigenvalue weighted by Crippen LogP contribution is 2.22. The molecule has 0 atom stereocenters. The summed E-state index contributed by atoms with van der Waals surface area (Å²) in [6.45, 7) is 3.97. The minimum atomic E-state index is -0.112. The summed E-state index contributed by atoms with van der Waals surface area (Å²) in [5.41, 5.74) is 4.70. The van der Waals surface area contributed by atoms with Gasteiger partial charge in [0.15, 0.2) is 0 Å². The van der Waals surface area contributed by atoms with E-state index in [1.54, 1.807) is 6.07 Å². The number of aromatic nitrogens is 2. The Labute approximate surface area is 162 Å². The number of aryl methyl sites for hydroxylation is 2. The number of carbonyl (C=O) groups is 1. The topological polar surface area (TPSA) is 54.9 Å². The number of amides is 1. The van der Waals surface area contributed by atoms with E-state index in [1.165, 1.54) is 17.3 Å². The van der Waals surface area contributed by atoms with Crippen LogP contribution >= 0.6 is 23.4 Å².